The van der Waals surface area contributed by atoms with Crippen molar-refractivity contribution < 1.29 is 9.21 Å². The Bertz CT molecular complexity index is 806. The third-order valence-electron chi connectivity index (χ3n) is 3.52. The van der Waals surface area contributed by atoms with Crippen LogP contribution in [0, 0.1) is 13.8 Å². The normalized spacial score (nSPS) is 10.7. The van der Waals surface area contributed by atoms with E-state index in [1.165, 1.54) is 0 Å². The molecule has 0 saturated heterocycles. The number of rotatable bonds is 5. The van der Waals surface area contributed by atoms with Crippen LogP contribution in [0.3, 0.4) is 0 Å². The predicted molar refractivity (Wildman–Crippen MR) is 91.3 cm³/mol. The summed E-state index contributed by atoms with van der Waals surface area (Å²) in [7, 11) is 0. The summed E-state index contributed by atoms with van der Waals surface area (Å²) < 4.78 is 5.36. The van der Waals surface area contributed by atoms with Gasteiger partial charge in [-0.25, -0.2) is 4.98 Å². The second-order valence-electron chi connectivity index (χ2n) is 5.45. The van der Waals surface area contributed by atoms with Gasteiger partial charge in [0.05, 0.1) is 24.9 Å². The van der Waals surface area contributed by atoms with Crippen molar-refractivity contribution in [3.63, 3.8) is 0 Å². The largest absolute Gasteiger partial charge is 0.462 e. The van der Waals surface area contributed by atoms with Crippen molar-refractivity contribution in [2.45, 2.75) is 26.8 Å². The fourth-order valence-electron chi connectivity index (χ4n) is 2.35. The number of aryl methyl sites for hydroxylation is 2. The molecule has 0 aliphatic rings. The summed E-state index contributed by atoms with van der Waals surface area (Å²) in [5.74, 6) is 0.776. The minimum absolute atomic E-state index is 0.0166. The predicted octanol–water partition coefficient (Wildman–Crippen LogP) is 3.88. The molecule has 3 rings (SSSR count). The number of nitrogens with one attached hydrogen (secondary N) is 1. The average Bonchev–Trinajstić information content (AvgIpc) is 3.14. The van der Waals surface area contributed by atoms with Crippen molar-refractivity contribution in [3.8, 4) is 10.8 Å². The van der Waals surface area contributed by atoms with Crippen LogP contribution < -0.4 is 5.32 Å². The number of thiazole rings is 1. The van der Waals surface area contributed by atoms with E-state index in [9.17, 15) is 4.79 Å². The highest BCUT2D eigenvalue weighted by Crippen LogP contribution is 2.28. The zero-order chi connectivity index (χ0) is 16.2. The third-order valence-corrected chi connectivity index (χ3v) is 4.69. The van der Waals surface area contributed by atoms with Crippen molar-refractivity contribution in [3.05, 3.63) is 64.4 Å². The van der Waals surface area contributed by atoms with E-state index in [1.54, 1.807) is 17.6 Å². The lowest BCUT2D eigenvalue weighted by atomic mass is 10.1. The molecule has 3 aromatic rings. The summed E-state index contributed by atoms with van der Waals surface area (Å²) in [6.45, 7) is 4.47. The number of furan rings is 1. The number of hydrogen-bond donors (Lipinski definition) is 1. The molecule has 0 aliphatic heterocycles. The van der Waals surface area contributed by atoms with Gasteiger partial charge in [0.25, 0.3) is 0 Å². The van der Waals surface area contributed by atoms with Crippen LogP contribution in [-0.4, -0.2) is 10.9 Å². The molecule has 0 radical (unpaired) electrons. The van der Waals surface area contributed by atoms with E-state index >= 15 is 0 Å². The van der Waals surface area contributed by atoms with Crippen LogP contribution in [0.2, 0.25) is 0 Å². The van der Waals surface area contributed by atoms with Gasteiger partial charge in [-0.3, -0.25) is 4.79 Å². The van der Waals surface area contributed by atoms with Crippen molar-refractivity contribution in [2.75, 3.05) is 0 Å². The van der Waals surface area contributed by atoms with Crippen LogP contribution in [0.25, 0.3) is 10.8 Å². The van der Waals surface area contributed by atoms with E-state index in [2.05, 4.69) is 10.3 Å². The molecule has 1 amide bonds. The Hall–Kier alpha value is -2.40. The fourth-order valence-corrected chi connectivity index (χ4v) is 3.32. The van der Waals surface area contributed by atoms with E-state index in [1.807, 2.05) is 50.2 Å². The number of amides is 1. The molecule has 4 nitrogen and oxygen atoms in total. The highest BCUT2D eigenvalue weighted by molar-refractivity contribution is 7.15. The first kappa shape index (κ1) is 15.5. The lowest BCUT2D eigenvalue weighted by Crippen LogP contribution is -2.24. The Morgan fingerprint density at radius 3 is 2.87 bits per heavy atom. The van der Waals surface area contributed by atoms with Gasteiger partial charge in [0.1, 0.15) is 0 Å². The summed E-state index contributed by atoms with van der Waals surface area (Å²) in [6.07, 6.45) is 2.03. The van der Waals surface area contributed by atoms with Crippen molar-refractivity contribution >= 4 is 17.2 Å². The molecule has 0 bridgehead atoms. The fraction of sp³-hybridized carbons (Fsp3) is 0.222. The lowest BCUT2D eigenvalue weighted by molar-refractivity contribution is -0.120. The molecule has 1 N–H and O–H groups in total. The standard InChI is InChI=1S/C18H18N2O2S/c1-12-5-3-6-14(9-12)10-17(21)19-11-16-13(2)20-18(23-16)15-7-4-8-22-15/h3-9H,10-11H2,1-2H3,(H,19,21). The molecule has 1 aromatic carbocycles. The Morgan fingerprint density at radius 2 is 2.13 bits per heavy atom. The number of benzene rings is 1. The third kappa shape index (κ3) is 3.87. The van der Waals surface area contributed by atoms with Gasteiger partial charge in [-0.15, -0.1) is 11.3 Å². The van der Waals surface area contributed by atoms with Crippen LogP contribution in [0.4, 0.5) is 0 Å². The summed E-state index contributed by atoms with van der Waals surface area (Å²) >= 11 is 1.55. The molecule has 0 saturated carbocycles. The highest BCUT2D eigenvalue weighted by Gasteiger charge is 2.12. The van der Waals surface area contributed by atoms with Crippen LogP contribution in [0.5, 0.6) is 0 Å². The number of carbonyl (C=O) groups is 1. The maximum atomic E-state index is 12.1. The topological polar surface area (TPSA) is 55.1 Å². The summed E-state index contributed by atoms with van der Waals surface area (Å²) in [5, 5.41) is 3.81. The monoisotopic (exact) mass is 326 g/mol. The first-order valence-corrected chi connectivity index (χ1v) is 8.26. The SMILES string of the molecule is Cc1cccc(CC(=O)NCc2sc(-c3ccco3)nc2C)c1. The molecule has 0 fully saturated rings. The number of nitrogens with zero attached hydrogens (tertiary/aromatic N) is 1. The molecular formula is C18H18N2O2S. The maximum absolute atomic E-state index is 12.1. The number of aromatic nitrogens is 1. The number of carbonyl (C=O) groups excluding carboxylic acids is 1. The molecule has 2 aromatic heterocycles. The van der Waals surface area contributed by atoms with Crippen LogP contribution >= 0.6 is 11.3 Å². The van der Waals surface area contributed by atoms with Crippen LogP contribution in [0.1, 0.15) is 21.7 Å². The van der Waals surface area contributed by atoms with E-state index in [4.69, 9.17) is 4.42 Å². The Labute approximate surface area is 139 Å². The minimum atomic E-state index is 0.0166. The smallest absolute Gasteiger partial charge is 0.224 e. The van der Waals surface area contributed by atoms with Gasteiger partial charge in [-0.1, -0.05) is 29.8 Å². The van der Waals surface area contributed by atoms with Gasteiger partial charge in [0.15, 0.2) is 10.8 Å². The van der Waals surface area contributed by atoms with Gasteiger partial charge in [0, 0.05) is 4.88 Å². The van der Waals surface area contributed by atoms with E-state index in [0.717, 1.165) is 32.5 Å². The Morgan fingerprint density at radius 1 is 1.26 bits per heavy atom. The van der Waals surface area contributed by atoms with Crippen molar-refractivity contribution in [2.24, 2.45) is 0 Å². The molecule has 0 unspecified atom stereocenters. The molecular weight excluding hydrogens is 308 g/mol. The highest BCUT2D eigenvalue weighted by atomic mass is 32.1. The first-order valence-electron chi connectivity index (χ1n) is 7.44. The molecule has 5 heteroatoms. The zero-order valence-electron chi connectivity index (χ0n) is 13.1. The number of hydrogen-bond acceptors (Lipinski definition) is 4. The minimum Gasteiger partial charge on any atom is -0.462 e. The van der Waals surface area contributed by atoms with E-state index in [-0.39, 0.29) is 5.91 Å². The van der Waals surface area contributed by atoms with E-state index in [0.29, 0.717) is 13.0 Å². The summed E-state index contributed by atoms with van der Waals surface area (Å²) in [6, 6.07) is 11.7. The van der Waals surface area contributed by atoms with Gasteiger partial charge in [-0.2, -0.15) is 0 Å². The molecule has 23 heavy (non-hydrogen) atoms. The molecule has 2 heterocycles. The molecule has 118 valence electrons. The first-order chi connectivity index (χ1) is 11.1. The van der Waals surface area contributed by atoms with Gasteiger partial charge < -0.3 is 9.73 Å². The van der Waals surface area contributed by atoms with Crippen LogP contribution in [-0.2, 0) is 17.8 Å². The Kier molecular flexibility index (Phi) is 4.57. The van der Waals surface area contributed by atoms with E-state index < -0.39 is 0 Å². The van der Waals surface area contributed by atoms with Crippen molar-refractivity contribution in [1.82, 2.24) is 10.3 Å². The molecule has 0 atom stereocenters. The second kappa shape index (κ2) is 6.79. The quantitative estimate of drug-likeness (QED) is 0.774. The molecule has 0 spiro atoms. The summed E-state index contributed by atoms with van der Waals surface area (Å²) in [5.41, 5.74) is 3.12. The maximum Gasteiger partial charge on any atom is 0.224 e. The Balaban J connectivity index is 1.61. The lowest BCUT2D eigenvalue weighted by Gasteiger charge is -2.05. The van der Waals surface area contributed by atoms with Crippen LogP contribution in [0.15, 0.2) is 47.1 Å². The average molecular weight is 326 g/mol. The van der Waals surface area contributed by atoms with Gasteiger partial charge in [0.2, 0.25) is 5.91 Å². The van der Waals surface area contributed by atoms with Gasteiger partial charge in [-0.05, 0) is 31.5 Å². The zero-order valence-corrected chi connectivity index (χ0v) is 13.9. The van der Waals surface area contributed by atoms with Crippen molar-refractivity contribution in [1.29, 1.82) is 0 Å². The second-order valence-corrected chi connectivity index (χ2v) is 6.53. The van der Waals surface area contributed by atoms with Gasteiger partial charge >= 0.3 is 0 Å². The summed E-state index contributed by atoms with van der Waals surface area (Å²) in [4.78, 5) is 17.6. The molecule has 0 aliphatic carbocycles.